The Morgan fingerprint density at radius 2 is 2.00 bits per heavy atom. The highest BCUT2D eigenvalue weighted by atomic mass is 16.1. The van der Waals surface area contributed by atoms with Crippen LogP contribution in [0.3, 0.4) is 0 Å². The molecule has 0 unspecified atom stereocenters. The van der Waals surface area contributed by atoms with Gasteiger partial charge in [0.2, 0.25) is 5.91 Å². The van der Waals surface area contributed by atoms with E-state index in [1.165, 1.54) is 11.9 Å². The van der Waals surface area contributed by atoms with Crippen molar-refractivity contribution in [2.45, 2.75) is 40.5 Å². The molecule has 6 heteroatoms. The maximum atomic E-state index is 12.3. The van der Waals surface area contributed by atoms with Crippen LogP contribution in [0, 0.1) is 27.7 Å². The van der Waals surface area contributed by atoms with Gasteiger partial charge in [0.25, 0.3) is 5.78 Å². The molecule has 2 heterocycles. The smallest absolute Gasteiger partial charge is 0.252 e. The highest BCUT2D eigenvalue weighted by molar-refractivity contribution is 5.91. The molecule has 124 valence electrons. The van der Waals surface area contributed by atoms with Gasteiger partial charge in [-0.3, -0.25) is 4.79 Å². The zero-order valence-corrected chi connectivity index (χ0v) is 14.4. The van der Waals surface area contributed by atoms with E-state index in [1.807, 2.05) is 45.9 Å². The average molecular weight is 323 g/mol. The summed E-state index contributed by atoms with van der Waals surface area (Å²) in [5.41, 5.74) is 6.06. The van der Waals surface area contributed by atoms with Crippen molar-refractivity contribution < 1.29 is 4.79 Å². The molecule has 6 nitrogen and oxygen atoms in total. The standard InChI is InChI=1S/C18H21N5O/c1-11-6-5-7-16(12(11)2)22-17(24)9-8-15-13(3)21-18-19-10-20-23(18)14(15)4/h5-7,10H,8-9H2,1-4H3,(H,22,24). The zero-order valence-electron chi connectivity index (χ0n) is 14.4. The summed E-state index contributed by atoms with van der Waals surface area (Å²) in [5, 5.41) is 7.18. The lowest BCUT2D eigenvalue weighted by atomic mass is 10.1. The number of anilines is 1. The molecule has 0 aliphatic heterocycles. The number of carbonyl (C=O) groups is 1. The van der Waals surface area contributed by atoms with Crippen LogP contribution in [0.15, 0.2) is 24.5 Å². The second kappa shape index (κ2) is 6.39. The molecule has 0 radical (unpaired) electrons. The van der Waals surface area contributed by atoms with Crippen molar-refractivity contribution in [2.24, 2.45) is 0 Å². The number of fused-ring (bicyclic) bond motifs is 1. The molecular formula is C18H21N5O. The number of aromatic nitrogens is 4. The summed E-state index contributed by atoms with van der Waals surface area (Å²) in [6.45, 7) is 7.98. The van der Waals surface area contributed by atoms with Crippen molar-refractivity contribution in [1.82, 2.24) is 19.6 Å². The summed E-state index contributed by atoms with van der Waals surface area (Å²) in [7, 11) is 0. The molecule has 0 spiro atoms. The fourth-order valence-corrected chi connectivity index (χ4v) is 2.85. The molecule has 0 bridgehead atoms. The Morgan fingerprint density at radius 1 is 1.21 bits per heavy atom. The van der Waals surface area contributed by atoms with Gasteiger partial charge in [-0.15, -0.1) is 0 Å². The predicted octanol–water partition coefficient (Wildman–Crippen LogP) is 2.93. The SMILES string of the molecule is Cc1cccc(NC(=O)CCc2c(C)nc3ncnn3c2C)c1C. The maximum Gasteiger partial charge on any atom is 0.252 e. The normalized spacial score (nSPS) is 11.0. The maximum absolute atomic E-state index is 12.3. The molecule has 1 amide bonds. The Morgan fingerprint density at radius 3 is 2.79 bits per heavy atom. The van der Waals surface area contributed by atoms with Crippen molar-refractivity contribution in [1.29, 1.82) is 0 Å². The zero-order chi connectivity index (χ0) is 17.3. The fraction of sp³-hybridized carbons (Fsp3) is 0.333. The van der Waals surface area contributed by atoms with Crippen LogP contribution in [0.2, 0.25) is 0 Å². The van der Waals surface area contributed by atoms with E-state index in [0.717, 1.165) is 28.2 Å². The van der Waals surface area contributed by atoms with E-state index in [1.54, 1.807) is 4.52 Å². The lowest BCUT2D eigenvalue weighted by Crippen LogP contribution is -2.15. The molecule has 3 rings (SSSR count). The molecule has 0 saturated heterocycles. The largest absolute Gasteiger partial charge is 0.326 e. The van der Waals surface area contributed by atoms with Crippen molar-refractivity contribution in [3.8, 4) is 0 Å². The molecule has 0 aliphatic carbocycles. The van der Waals surface area contributed by atoms with Crippen LogP contribution in [0.5, 0.6) is 0 Å². The molecule has 1 aromatic carbocycles. The van der Waals surface area contributed by atoms with Crippen LogP contribution in [0.1, 0.15) is 34.5 Å². The van der Waals surface area contributed by atoms with Crippen molar-refractivity contribution in [3.63, 3.8) is 0 Å². The Bertz CT molecular complexity index is 913. The summed E-state index contributed by atoms with van der Waals surface area (Å²) in [6.07, 6.45) is 2.51. The van der Waals surface area contributed by atoms with Crippen molar-refractivity contribution in [2.75, 3.05) is 5.32 Å². The molecule has 3 aromatic rings. The number of aryl methyl sites for hydroxylation is 3. The summed E-state index contributed by atoms with van der Waals surface area (Å²) in [4.78, 5) is 20.9. The van der Waals surface area contributed by atoms with Gasteiger partial charge in [0.05, 0.1) is 0 Å². The van der Waals surface area contributed by atoms with E-state index >= 15 is 0 Å². The van der Waals surface area contributed by atoms with Gasteiger partial charge in [0, 0.05) is 23.5 Å². The quantitative estimate of drug-likeness (QED) is 0.801. The lowest BCUT2D eigenvalue weighted by Gasteiger charge is -2.12. The number of carbonyl (C=O) groups excluding carboxylic acids is 1. The van der Waals surface area contributed by atoms with E-state index in [0.29, 0.717) is 18.6 Å². The molecular weight excluding hydrogens is 302 g/mol. The third-order valence-corrected chi connectivity index (χ3v) is 4.47. The summed E-state index contributed by atoms with van der Waals surface area (Å²) >= 11 is 0. The average Bonchev–Trinajstić information content (AvgIpc) is 3.00. The monoisotopic (exact) mass is 323 g/mol. The van der Waals surface area contributed by atoms with Crippen molar-refractivity contribution >= 4 is 17.4 Å². The number of hydrogen-bond acceptors (Lipinski definition) is 4. The topological polar surface area (TPSA) is 72.2 Å². The van der Waals surface area contributed by atoms with Crippen LogP contribution in [0.4, 0.5) is 5.69 Å². The van der Waals surface area contributed by atoms with Gasteiger partial charge in [-0.1, -0.05) is 12.1 Å². The number of nitrogens with zero attached hydrogens (tertiary/aromatic N) is 4. The highest BCUT2D eigenvalue weighted by Crippen LogP contribution is 2.19. The van der Waals surface area contributed by atoms with Crippen LogP contribution < -0.4 is 5.32 Å². The third-order valence-electron chi connectivity index (χ3n) is 4.47. The van der Waals surface area contributed by atoms with E-state index < -0.39 is 0 Å². The number of nitrogens with one attached hydrogen (secondary N) is 1. The van der Waals surface area contributed by atoms with Crippen LogP contribution in [0.25, 0.3) is 5.78 Å². The van der Waals surface area contributed by atoms with Gasteiger partial charge >= 0.3 is 0 Å². The van der Waals surface area contributed by atoms with Gasteiger partial charge in [0.1, 0.15) is 6.33 Å². The minimum atomic E-state index is 0.00110. The molecule has 0 saturated carbocycles. The summed E-state index contributed by atoms with van der Waals surface area (Å²) in [6, 6.07) is 5.92. The van der Waals surface area contributed by atoms with E-state index in [2.05, 4.69) is 20.4 Å². The first-order chi connectivity index (χ1) is 11.5. The van der Waals surface area contributed by atoms with Gasteiger partial charge in [0.15, 0.2) is 0 Å². The van der Waals surface area contributed by atoms with Gasteiger partial charge in [-0.05, 0) is 56.9 Å². The van der Waals surface area contributed by atoms with Crippen LogP contribution >= 0.6 is 0 Å². The van der Waals surface area contributed by atoms with E-state index in [9.17, 15) is 4.79 Å². The Kier molecular flexibility index (Phi) is 4.29. The molecule has 0 atom stereocenters. The lowest BCUT2D eigenvalue weighted by molar-refractivity contribution is -0.116. The first-order valence-electron chi connectivity index (χ1n) is 7.99. The Balaban J connectivity index is 1.74. The molecule has 0 fully saturated rings. The van der Waals surface area contributed by atoms with Crippen molar-refractivity contribution in [3.05, 3.63) is 52.6 Å². The third kappa shape index (κ3) is 2.99. The number of hydrogen-bond donors (Lipinski definition) is 1. The predicted molar refractivity (Wildman–Crippen MR) is 93.1 cm³/mol. The fourth-order valence-electron chi connectivity index (χ4n) is 2.85. The highest BCUT2D eigenvalue weighted by Gasteiger charge is 2.13. The molecule has 0 aliphatic rings. The van der Waals surface area contributed by atoms with E-state index in [-0.39, 0.29) is 5.91 Å². The van der Waals surface area contributed by atoms with Crippen LogP contribution in [-0.4, -0.2) is 25.5 Å². The summed E-state index contributed by atoms with van der Waals surface area (Å²) < 4.78 is 1.71. The Hall–Kier alpha value is -2.76. The number of amides is 1. The minimum Gasteiger partial charge on any atom is -0.326 e. The summed E-state index contributed by atoms with van der Waals surface area (Å²) in [5.74, 6) is 0.592. The second-order valence-electron chi connectivity index (χ2n) is 6.03. The number of rotatable bonds is 4. The number of benzene rings is 1. The molecule has 24 heavy (non-hydrogen) atoms. The second-order valence-corrected chi connectivity index (χ2v) is 6.03. The van der Waals surface area contributed by atoms with Crippen LogP contribution in [-0.2, 0) is 11.2 Å². The first-order valence-corrected chi connectivity index (χ1v) is 7.99. The Labute approximate surface area is 141 Å². The van der Waals surface area contributed by atoms with Gasteiger partial charge in [-0.2, -0.15) is 10.1 Å². The molecule has 1 N–H and O–H groups in total. The van der Waals surface area contributed by atoms with Gasteiger partial charge in [-0.25, -0.2) is 9.50 Å². The minimum absolute atomic E-state index is 0.00110. The van der Waals surface area contributed by atoms with Gasteiger partial charge < -0.3 is 5.32 Å². The first kappa shape index (κ1) is 16.1. The molecule has 2 aromatic heterocycles. The van der Waals surface area contributed by atoms with E-state index in [4.69, 9.17) is 0 Å².